The van der Waals surface area contributed by atoms with Gasteiger partial charge in [-0.1, -0.05) is 18.2 Å². The van der Waals surface area contributed by atoms with Crippen LogP contribution in [-0.2, 0) is 9.84 Å². The van der Waals surface area contributed by atoms with Crippen LogP contribution in [0.25, 0.3) is 0 Å². The van der Waals surface area contributed by atoms with Crippen molar-refractivity contribution >= 4 is 9.84 Å². The Morgan fingerprint density at radius 1 is 1.28 bits per heavy atom. The predicted molar refractivity (Wildman–Crippen MR) is 61.8 cm³/mol. The molecular formula is C11H14F3NO2S. The van der Waals surface area contributed by atoms with Gasteiger partial charge in [-0.2, -0.15) is 13.2 Å². The lowest BCUT2D eigenvalue weighted by molar-refractivity contribution is -0.165. The Labute approximate surface area is 104 Å². The van der Waals surface area contributed by atoms with Crippen LogP contribution < -0.4 is 5.73 Å². The van der Waals surface area contributed by atoms with Crippen LogP contribution in [0.4, 0.5) is 13.2 Å². The van der Waals surface area contributed by atoms with Gasteiger partial charge in [-0.05, 0) is 18.6 Å². The third-order valence-electron chi connectivity index (χ3n) is 2.60. The molecule has 0 aliphatic carbocycles. The average molecular weight is 281 g/mol. The Morgan fingerprint density at radius 2 is 1.83 bits per heavy atom. The molecule has 0 aliphatic heterocycles. The normalized spacial score (nSPS) is 14.5. The van der Waals surface area contributed by atoms with Crippen molar-refractivity contribution in [2.24, 2.45) is 11.7 Å². The van der Waals surface area contributed by atoms with Crippen molar-refractivity contribution in [2.75, 3.05) is 12.3 Å². The number of nitrogens with two attached hydrogens (primary N) is 1. The van der Waals surface area contributed by atoms with Crippen LogP contribution in [0.3, 0.4) is 0 Å². The molecule has 0 saturated carbocycles. The minimum atomic E-state index is -4.61. The molecule has 0 spiro atoms. The van der Waals surface area contributed by atoms with Crippen LogP contribution >= 0.6 is 0 Å². The number of alkyl halides is 3. The van der Waals surface area contributed by atoms with Crippen molar-refractivity contribution in [2.45, 2.75) is 18.0 Å². The highest BCUT2D eigenvalue weighted by atomic mass is 32.2. The van der Waals surface area contributed by atoms with E-state index in [1.807, 2.05) is 0 Å². The van der Waals surface area contributed by atoms with E-state index in [1.165, 1.54) is 25.1 Å². The maximum absolute atomic E-state index is 12.5. The minimum Gasteiger partial charge on any atom is -0.330 e. The summed E-state index contributed by atoms with van der Waals surface area (Å²) >= 11 is 0. The fourth-order valence-corrected chi connectivity index (χ4v) is 3.44. The molecule has 0 fully saturated rings. The molecule has 0 radical (unpaired) electrons. The topological polar surface area (TPSA) is 60.2 Å². The maximum Gasteiger partial charge on any atom is 0.394 e. The van der Waals surface area contributed by atoms with Crippen LogP contribution in [0.1, 0.15) is 5.56 Å². The third kappa shape index (κ3) is 3.46. The number of hydrogen-bond donors (Lipinski definition) is 1. The zero-order chi connectivity index (χ0) is 14.0. The highest BCUT2D eigenvalue weighted by Gasteiger charge is 2.41. The van der Waals surface area contributed by atoms with Crippen LogP contribution in [0.5, 0.6) is 0 Å². The molecule has 1 rings (SSSR count). The summed E-state index contributed by atoms with van der Waals surface area (Å²) in [5, 5.41) is 0. The molecule has 0 aromatic heterocycles. The van der Waals surface area contributed by atoms with E-state index < -0.39 is 34.2 Å². The Hall–Kier alpha value is -1.08. The molecule has 102 valence electrons. The second-order valence-corrected chi connectivity index (χ2v) is 6.02. The molecule has 3 nitrogen and oxygen atoms in total. The van der Waals surface area contributed by atoms with Crippen molar-refractivity contribution < 1.29 is 21.6 Å². The molecular weight excluding hydrogens is 267 g/mol. The molecule has 18 heavy (non-hydrogen) atoms. The van der Waals surface area contributed by atoms with Gasteiger partial charge in [0.1, 0.15) is 0 Å². The van der Waals surface area contributed by atoms with Gasteiger partial charge in [-0.3, -0.25) is 0 Å². The SMILES string of the molecule is Cc1ccccc1S(=O)(=O)CC(CN)C(F)(F)F. The summed E-state index contributed by atoms with van der Waals surface area (Å²) in [4.78, 5) is -0.0762. The third-order valence-corrected chi connectivity index (χ3v) is 4.57. The second-order valence-electron chi connectivity index (χ2n) is 4.02. The molecule has 1 aromatic carbocycles. The van der Waals surface area contributed by atoms with E-state index in [9.17, 15) is 21.6 Å². The lowest BCUT2D eigenvalue weighted by atomic mass is 10.2. The Balaban J connectivity index is 3.06. The zero-order valence-corrected chi connectivity index (χ0v) is 10.6. The van der Waals surface area contributed by atoms with E-state index in [0.717, 1.165) is 0 Å². The Bertz CT molecular complexity index is 511. The summed E-state index contributed by atoms with van der Waals surface area (Å²) in [5.74, 6) is -3.06. The standard InChI is InChI=1S/C11H14F3NO2S/c1-8-4-2-3-5-10(8)18(16,17)7-9(6-15)11(12,13)14/h2-5,9H,6-7,15H2,1H3. The summed E-state index contributed by atoms with van der Waals surface area (Å²) in [6.07, 6.45) is -4.61. The molecule has 0 heterocycles. The van der Waals surface area contributed by atoms with E-state index >= 15 is 0 Å². The van der Waals surface area contributed by atoms with Gasteiger partial charge in [0.05, 0.1) is 16.6 Å². The smallest absolute Gasteiger partial charge is 0.330 e. The van der Waals surface area contributed by atoms with E-state index in [4.69, 9.17) is 5.73 Å². The maximum atomic E-state index is 12.5. The van der Waals surface area contributed by atoms with E-state index in [0.29, 0.717) is 5.56 Å². The molecule has 0 bridgehead atoms. The van der Waals surface area contributed by atoms with E-state index in [2.05, 4.69) is 0 Å². The van der Waals surface area contributed by atoms with Crippen molar-refractivity contribution in [3.8, 4) is 0 Å². The fourth-order valence-electron chi connectivity index (χ4n) is 1.56. The quantitative estimate of drug-likeness (QED) is 0.917. The zero-order valence-electron chi connectivity index (χ0n) is 9.74. The van der Waals surface area contributed by atoms with Crippen LogP contribution in [0, 0.1) is 12.8 Å². The van der Waals surface area contributed by atoms with Gasteiger partial charge in [0.2, 0.25) is 0 Å². The Morgan fingerprint density at radius 3 is 2.28 bits per heavy atom. The molecule has 0 saturated heterocycles. The van der Waals surface area contributed by atoms with Crippen molar-refractivity contribution in [1.82, 2.24) is 0 Å². The monoisotopic (exact) mass is 281 g/mol. The lowest BCUT2D eigenvalue weighted by Gasteiger charge is -2.18. The fraction of sp³-hybridized carbons (Fsp3) is 0.455. The van der Waals surface area contributed by atoms with Gasteiger partial charge in [0.15, 0.2) is 9.84 Å². The summed E-state index contributed by atoms with van der Waals surface area (Å²) in [7, 11) is -3.99. The number of hydrogen-bond acceptors (Lipinski definition) is 3. The summed E-state index contributed by atoms with van der Waals surface area (Å²) in [6.45, 7) is 0.798. The molecule has 2 N–H and O–H groups in total. The van der Waals surface area contributed by atoms with Crippen molar-refractivity contribution in [3.05, 3.63) is 29.8 Å². The van der Waals surface area contributed by atoms with Crippen LogP contribution in [0.2, 0.25) is 0 Å². The van der Waals surface area contributed by atoms with Gasteiger partial charge in [0.25, 0.3) is 0 Å². The minimum absolute atomic E-state index is 0.0762. The molecule has 1 atom stereocenters. The van der Waals surface area contributed by atoms with E-state index in [1.54, 1.807) is 6.07 Å². The largest absolute Gasteiger partial charge is 0.394 e. The Kier molecular flexibility index (Phi) is 4.39. The predicted octanol–water partition coefficient (Wildman–Crippen LogP) is 1.91. The van der Waals surface area contributed by atoms with E-state index in [-0.39, 0.29) is 4.90 Å². The van der Waals surface area contributed by atoms with Crippen LogP contribution in [-0.4, -0.2) is 26.9 Å². The first-order valence-corrected chi connectivity index (χ1v) is 6.89. The van der Waals surface area contributed by atoms with Gasteiger partial charge in [-0.25, -0.2) is 8.42 Å². The molecule has 7 heteroatoms. The first kappa shape index (κ1) is 15.0. The second kappa shape index (κ2) is 5.27. The molecule has 1 unspecified atom stereocenters. The number of halogens is 3. The number of sulfone groups is 1. The van der Waals surface area contributed by atoms with Gasteiger partial charge < -0.3 is 5.73 Å². The summed E-state index contributed by atoms with van der Waals surface area (Å²) in [5.41, 5.74) is 5.42. The molecule has 1 aromatic rings. The van der Waals surface area contributed by atoms with Crippen LogP contribution in [0.15, 0.2) is 29.2 Å². The number of rotatable bonds is 4. The molecule has 0 amide bonds. The average Bonchev–Trinajstić information content (AvgIpc) is 2.24. The lowest BCUT2D eigenvalue weighted by Crippen LogP contribution is -2.36. The number of benzene rings is 1. The first-order chi connectivity index (χ1) is 8.18. The summed E-state index contributed by atoms with van der Waals surface area (Å²) < 4.78 is 61.4. The van der Waals surface area contributed by atoms with Gasteiger partial charge in [0, 0.05) is 6.54 Å². The highest BCUT2D eigenvalue weighted by Crippen LogP contribution is 2.29. The first-order valence-electron chi connectivity index (χ1n) is 5.23. The molecule has 0 aliphatic rings. The highest BCUT2D eigenvalue weighted by molar-refractivity contribution is 7.91. The van der Waals surface area contributed by atoms with Crippen molar-refractivity contribution in [1.29, 1.82) is 0 Å². The number of aryl methyl sites for hydroxylation is 1. The van der Waals surface area contributed by atoms with Gasteiger partial charge >= 0.3 is 6.18 Å². The van der Waals surface area contributed by atoms with Gasteiger partial charge in [-0.15, -0.1) is 0 Å². The van der Waals surface area contributed by atoms with Crippen molar-refractivity contribution in [3.63, 3.8) is 0 Å². The summed E-state index contributed by atoms with van der Waals surface area (Å²) in [6, 6.07) is 5.94.